The second-order valence-electron chi connectivity index (χ2n) is 4.43. The van der Waals surface area contributed by atoms with Gasteiger partial charge < -0.3 is 10.1 Å². The van der Waals surface area contributed by atoms with Crippen molar-refractivity contribution in [2.75, 3.05) is 7.11 Å². The number of methoxy groups -OCH3 is 1. The minimum Gasteiger partial charge on any atom is -0.380 e. The van der Waals surface area contributed by atoms with E-state index >= 15 is 0 Å². The molecule has 0 bridgehead atoms. The largest absolute Gasteiger partial charge is 0.380 e. The number of hydrogen-bond acceptors (Lipinski definition) is 4. The van der Waals surface area contributed by atoms with Crippen molar-refractivity contribution in [1.82, 2.24) is 10.3 Å². The van der Waals surface area contributed by atoms with Gasteiger partial charge in [0.1, 0.15) is 5.01 Å². The highest BCUT2D eigenvalue weighted by Crippen LogP contribution is 2.21. The van der Waals surface area contributed by atoms with Gasteiger partial charge in [0, 0.05) is 30.8 Å². The molecule has 90 valence electrons. The number of hydrogen-bond donors (Lipinski definition) is 1. The van der Waals surface area contributed by atoms with Crippen LogP contribution in [0.2, 0.25) is 0 Å². The monoisotopic (exact) mass is 240 g/mol. The molecule has 0 spiro atoms. The Morgan fingerprint density at radius 2 is 2.31 bits per heavy atom. The molecular formula is C12H20N2OS. The van der Waals surface area contributed by atoms with Crippen molar-refractivity contribution in [2.24, 2.45) is 0 Å². The maximum absolute atomic E-state index is 5.52. The fourth-order valence-electron chi connectivity index (χ4n) is 2.31. The van der Waals surface area contributed by atoms with Crippen LogP contribution in [-0.4, -0.2) is 24.2 Å². The number of thiazole rings is 1. The molecule has 0 saturated heterocycles. The third kappa shape index (κ3) is 3.03. The zero-order valence-electron chi connectivity index (χ0n) is 10.0. The molecule has 1 saturated carbocycles. The van der Waals surface area contributed by atoms with E-state index in [1.54, 1.807) is 11.3 Å². The summed E-state index contributed by atoms with van der Waals surface area (Å²) in [6, 6.07) is 0.503. The molecule has 2 atom stereocenters. The summed E-state index contributed by atoms with van der Waals surface area (Å²) >= 11 is 1.73. The van der Waals surface area contributed by atoms with Gasteiger partial charge in [-0.05, 0) is 19.8 Å². The van der Waals surface area contributed by atoms with Gasteiger partial charge in [-0.3, -0.25) is 0 Å². The molecule has 1 aliphatic rings. The van der Waals surface area contributed by atoms with Crippen molar-refractivity contribution >= 4 is 11.3 Å². The van der Waals surface area contributed by atoms with Gasteiger partial charge in [-0.25, -0.2) is 4.98 Å². The normalized spacial score (nSPS) is 25.9. The third-order valence-corrected chi connectivity index (χ3v) is 4.15. The quantitative estimate of drug-likeness (QED) is 0.878. The van der Waals surface area contributed by atoms with Crippen LogP contribution < -0.4 is 5.32 Å². The number of ether oxygens (including phenoxy) is 1. The highest BCUT2D eigenvalue weighted by Gasteiger charge is 2.24. The van der Waals surface area contributed by atoms with Crippen molar-refractivity contribution in [3.8, 4) is 0 Å². The minimum absolute atomic E-state index is 0.384. The van der Waals surface area contributed by atoms with Gasteiger partial charge in [0.2, 0.25) is 0 Å². The Bertz CT molecular complexity index is 327. The third-order valence-electron chi connectivity index (χ3n) is 3.19. The first-order valence-corrected chi connectivity index (χ1v) is 6.84. The molecule has 1 aromatic rings. The zero-order chi connectivity index (χ0) is 11.4. The number of nitrogens with zero attached hydrogens (tertiary/aromatic N) is 1. The molecule has 4 heteroatoms. The summed E-state index contributed by atoms with van der Waals surface area (Å²) in [4.78, 5) is 4.46. The molecule has 0 aliphatic heterocycles. The van der Waals surface area contributed by atoms with Crippen molar-refractivity contribution in [3.63, 3.8) is 0 Å². The Balaban J connectivity index is 1.84. The van der Waals surface area contributed by atoms with Gasteiger partial charge in [0.05, 0.1) is 6.10 Å². The summed E-state index contributed by atoms with van der Waals surface area (Å²) in [5, 5.41) is 6.86. The Hall–Kier alpha value is -0.450. The average molecular weight is 240 g/mol. The number of aryl methyl sites for hydroxylation is 1. The van der Waals surface area contributed by atoms with Crippen LogP contribution in [0.25, 0.3) is 0 Å². The standard InChI is InChI=1S/C12H20N2OS/c1-9-8-16-12(14-9)7-13-10-5-3-4-6-11(10)15-2/h8,10-11,13H,3-7H2,1-2H3. The van der Waals surface area contributed by atoms with Crippen molar-refractivity contribution < 1.29 is 4.74 Å². The Morgan fingerprint density at radius 1 is 1.50 bits per heavy atom. The summed E-state index contributed by atoms with van der Waals surface area (Å²) < 4.78 is 5.52. The van der Waals surface area contributed by atoms with Crippen LogP contribution in [-0.2, 0) is 11.3 Å². The van der Waals surface area contributed by atoms with E-state index in [4.69, 9.17) is 4.74 Å². The summed E-state index contributed by atoms with van der Waals surface area (Å²) in [7, 11) is 1.82. The first kappa shape index (κ1) is 12.0. The molecule has 1 fully saturated rings. The topological polar surface area (TPSA) is 34.1 Å². The molecule has 2 unspecified atom stereocenters. The fraction of sp³-hybridized carbons (Fsp3) is 0.750. The smallest absolute Gasteiger partial charge is 0.107 e. The summed E-state index contributed by atoms with van der Waals surface area (Å²) in [5.74, 6) is 0. The van der Waals surface area contributed by atoms with Gasteiger partial charge in [0.15, 0.2) is 0 Å². The van der Waals surface area contributed by atoms with Crippen LogP contribution in [0, 0.1) is 6.92 Å². The van der Waals surface area contributed by atoms with Gasteiger partial charge >= 0.3 is 0 Å². The van der Waals surface area contributed by atoms with Crippen molar-refractivity contribution in [3.05, 3.63) is 16.1 Å². The highest BCUT2D eigenvalue weighted by atomic mass is 32.1. The molecule has 1 aromatic heterocycles. The molecule has 1 heterocycles. The second kappa shape index (κ2) is 5.75. The molecule has 1 N–H and O–H groups in total. The molecule has 3 nitrogen and oxygen atoms in total. The van der Waals surface area contributed by atoms with Gasteiger partial charge in [-0.2, -0.15) is 0 Å². The first-order valence-electron chi connectivity index (χ1n) is 5.97. The van der Waals surface area contributed by atoms with E-state index in [1.165, 1.54) is 30.7 Å². The minimum atomic E-state index is 0.384. The average Bonchev–Trinajstić information content (AvgIpc) is 2.73. The van der Waals surface area contributed by atoms with Crippen LogP contribution in [0.4, 0.5) is 0 Å². The van der Waals surface area contributed by atoms with E-state index in [-0.39, 0.29) is 0 Å². The molecule has 1 aliphatic carbocycles. The van der Waals surface area contributed by atoms with Crippen LogP contribution in [0.1, 0.15) is 36.4 Å². The Morgan fingerprint density at radius 3 is 3.00 bits per heavy atom. The Labute approximate surface area is 101 Å². The predicted octanol–water partition coefficient (Wildman–Crippen LogP) is 2.50. The summed E-state index contributed by atoms with van der Waals surface area (Å²) in [5.41, 5.74) is 1.12. The van der Waals surface area contributed by atoms with E-state index in [2.05, 4.69) is 15.7 Å². The van der Waals surface area contributed by atoms with Crippen LogP contribution in [0.3, 0.4) is 0 Å². The molecular weight excluding hydrogens is 220 g/mol. The van der Waals surface area contributed by atoms with E-state index in [1.807, 2.05) is 14.0 Å². The molecule has 0 radical (unpaired) electrons. The SMILES string of the molecule is COC1CCCCC1NCc1nc(C)cs1. The second-order valence-corrected chi connectivity index (χ2v) is 5.37. The fourth-order valence-corrected chi connectivity index (χ4v) is 3.04. The first-order chi connectivity index (χ1) is 7.79. The predicted molar refractivity (Wildman–Crippen MR) is 66.7 cm³/mol. The van der Waals surface area contributed by atoms with Crippen LogP contribution in [0.5, 0.6) is 0 Å². The zero-order valence-corrected chi connectivity index (χ0v) is 10.8. The molecule has 0 aromatic carbocycles. The van der Waals surface area contributed by atoms with Crippen molar-refractivity contribution in [2.45, 2.75) is 51.3 Å². The van der Waals surface area contributed by atoms with Crippen molar-refractivity contribution in [1.29, 1.82) is 0 Å². The summed E-state index contributed by atoms with van der Waals surface area (Å²) in [6.45, 7) is 2.92. The lowest BCUT2D eigenvalue weighted by Gasteiger charge is -2.30. The van der Waals surface area contributed by atoms with Crippen LogP contribution >= 0.6 is 11.3 Å². The van der Waals surface area contributed by atoms with E-state index in [0.717, 1.165) is 12.2 Å². The van der Waals surface area contributed by atoms with Gasteiger partial charge in [-0.1, -0.05) is 12.8 Å². The Kier molecular flexibility index (Phi) is 4.32. The van der Waals surface area contributed by atoms with Gasteiger partial charge in [-0.15, -0.1) is 11.3 Å². The number of aromatic nitrogens is 1. The molecule has 2 rings (SSSR count). The number of rotatable bonds is 4. The highest BCUT2D eigenvalue weighted by molar-refractivity contribution is 7.09. The maximum atomic E-state index is 5.52. The van der Waals surface area contributed by atoms with E-state index in [9.17, 15) is 0 Å². The summed E-state index contributed by atoms with van der Waals surface area (Å²) in [6.07, 6.45) is 5.41. The van der Waals surface area contributed by atoms with Crippen LogP contribution in [0.15, 0.2) is 5.38 Å². The van der Waals surface area contributed by atoms with E-state index < -0.39 is 0 Å². The van der Waals surface area contributed by atoms with Gasteiger partial charge in [0.25, 0.3) is 0 Å². The lowest BCUT2D eigenvalue weighted by Crippen LogP contribution is -2.42. The maximum Gasteiger partial charge on any atom is 0.107 e. The lowest BCUT2D eigenvalue weighted by atomic mass is 9.92. The van der Waals surface area contributed by atoms with E-state index in [0.29, 0.717) is 12.1 Å². The molecule has 16 heavy (non-hydrogen) atoms. The lowest BCUT2D eigenvalue weighted by molar-refractivity contribution is 0.0413. The molecule has 0 amide bonds. The number of nitrogens with one attached hydrogen (secondary N) is 1.